The topological polar surface area (TPSA) is 63.4 Å². The molecule has 4 nitrogen and oxygen atoms in total. The first-order valence-corrected chi connectivity index (χ1v) is 7.70. The van der Waals surface area contributed by atoms with E-state index < -0.39 is 10.0 Å². The van der Waals surface area contributed by atoms with E-state index in [1.54, 1.807) is 37.4 Å². The van der Waals surface area contributed by atoms with Crippen LogP contribution in [0.3, 0.4) is 0 Å². The normalized spacial score (nSPS) is 16.1. The molecule has 2 aromatic rings. The molecule has 2 aromatic carbocycles. The summed E-state index contributed by atoms with van der Waals surface area (Å²) in [5.74, 6) is 0. The Kier molecular flexibility index (Phi) is 2.76. The number of fused-ring (bicyclic) bond motifs is 1. The third-order valence-electron chi connectivity index (χ3n) is 3.58. The van der Waals surface area contributed by atoms with Crippen molar-refractivity contribution in [1.82, 2.24) is 4.31 Å². The van der Waals surface area contributed by atoms with Crippen molar-refractivity contribution in [2.75, 3.05) is 12.8 Å². The van der Waals surface area contributed by atoms with Crippen molar-refractivity contribution in [3.8, 4) is 0 Å². The second-order valence-electron chi connectivity index (χ2n) is 4.99. The summed E-state index contributed by atoms with van der Waals surface area (Å²) in [5.41, 5.74) is 6.38. The van der Waals surface area contributed by atoms with Crippen LogP contribution in [0, 0.1) is 0 Å². The summed E-state index contributed by atoms with van der Waals surface area (Å²) < 4.78 is 26.7. The first kappa shape index (κ1) is 12.4. The number of nitrogens with two attached hydrogens (primary N) is 1. The number of nitrogen functional groups attached to an aromatic ring is 1. The van der Waals surface area contributed by atoms with Gasteiger partial charge in [-0.25, -0.2) is 8.42 Å². The van der Waals surface area contributed by atoms with E-state index >= 15 is 0 Å². The van der Waals surface area contributed by atoms with Crippen LogP contribution in [0.4, 0.5) is 5.69 Å². The number of benzene rings is 2. The zero-order valence-electron chi connectivity index (χ0n) is 10.7. The number of rotatable bonds is 3. The molecule has 2 N–H and O–H groups in total. The fraction of sp³-hybridized carbons (Fsp3) is 0.286. The van der Waals surface area contributed by atoms with Crippen LogP contribution in [0.15, 0.2) is 41.3 Å². The van der Waals surface area contributed by atoms with E-state index in [1.807, 2.05) is 6.07 Å². The molecule has 0 amide bonds. The minimum absolute atomic E-state index is 0.161. The van der Waals surface area contributed by atoms with Gasteiger partial charge in [0, 0.05) is 24.2 Å². The zero-order valence-corrected chi connectivity index (χ0v) is 11.5. The van der Waals surface area contributed by atoms with E-state index in [4.69, 9.17) is 5.73 Å². The minimum atomic E-state index is -3.42. The van der Waals surface area contributed by atoms with Crippen molar-refractivity contribution in [1.29, 1.82) is 0 Å². The van der Waals surface area contributed by atoms with E-state index in [9.17, 15) is 8.42 Å². The fourth-order valence-corrected chi connectivity index (χ4v) is 3.91. The summed E-state index contributed by atoms with van der Waals surface area (Å²) in [7, 11) is -1.77. The van der Waals surface area contributed by atoms with Crippen molar-refractivity contribution >= 4 is 26.5 Å². The monoisotopic (exact) mass is 276 g/mol. The van der Waals surface area contributed by atoms with Crippen LogP contribution in [0.25, 0.3) is 10.8 Å². The molecule has 1 aliphatic carbocycles. The quantitative estimate of drug-likeness (QED) is 0.874. The Balaban J connectivity index is 2.19. The van der Waals surface area contributed by atoms with E-state index in [0.717, 1.165) is 23.6 Å². The molecule has 0 radical (unpaired) electrons. The predicted octanol–water partition coefficient (Wildman–Crippen LogP) is 2.20. The number of anilines is 1. The molecule has 1 fully saturated rings. The van der Waals surface area contributed by atoms with Crippen molar-refractivity contribution in [2.45, 2.75) is 23.8 Å². The van der Waals surface area contributed by atoms with Crippen LogP contribution in [0.1, 0.15) is 12.8 Å². The minimum Gasteiger partial charge on any atom is -0.399 e. The molecule has 0 saturated heterocycles. The molecule has 0 aliphatic heterocycles. The molecule has 0 spiro atoms. The average Bonchev–Trinajstić information content (AvgIpc) is 3.20. The molecule has 100 valence electrons. The van der Waals surface area contributed by atoms with Gasteiger partial charge in [0.2, 0.25) is 10.0 Å². The molecule has 19 heavy (non-hydrogen) atoms. The van der Waals surface area contributed by atoms with Gasteiger partial charge in [-0.05, 0) is 36.4 Å². The standard InChI is InChI=1S/C14H16N2O2S/c1-16(12-6-7-12)19(17,18)14-4-2-3-10-9-11(15)5-8-13(10)14/h2-5,8-9,12H,6-7,15H2,1H3. The molecule has 0 unspecified atom stereocenters. The summed E-state index contributed by atoms with van der Waals surface area (Å²) >= 11 is 0. The van der Waals surface area contributed by atoms with Gasteiger partial charge in [-0.2, -0.15) is 4.31 Å². The summed E-state index contributed by atoms with van der Waals surface area (Å²) in [6.45, 7) is 0. The number of hydrogen-bond acceptors (Lipinski definition) is 3. The summed E-state index contributed by atoms with van der Waals surface area (Å²) in [6.07, 6.45) is 1.90. The van der Waals surface area contributed by atoms with Crippen molar-refractivity contribution < 1.29 is 8.42 Å². The fourth-order valence-electron chi connectivity index (χ4n) is 2.29. The van der Waals surface area contributed by atoms with Gasteiger partial charge in [0.05, 0.1) is 4.90 Å². The summed E-state index contributed by atoms with van der Waals surface area (Å²) in [6, 6.07) is 10.8. The Morgan fingerprint density at radius 2 is 1.95 bits per heavy atom. The highest BCUT2D eigenvalue weighted by atomic mass is 32.2. The average molecular weight is 276 g/mol. The van der Waals surface area contributed by atoms with Gasteiger partial charge in [-0.1, -0.05) is 18.2 Å². The Hall–Kier alpha value is -1.59. The maximum absolute atomic E-state index is 12.6. The van der Waals surface area contributed by atoms with E-state index in [0.29, 0.717) is 10.6 Å². The Morgan fingerprint density at radius 1 is 1.21 bits per heavy atom. The second kappa shape index (κ2) is 4.21. The summed E-state index contributed by atoms with van der Waals surface area (Å²) in [4.78, 5) is 0.361. The highest BCUT2D eigenvalue weighted by molar-refractivity contribution is 7.89. The second-order valence-corrected chi connectivity index (χ2v) is 6.96. The Labute approximate surface area is 112 Å². The third-order valence-corrected chi connectivity index (χ3v) is 5.55. The van der Waals surface area contributed by atoms with Gasteiger partial charge in [-0.15, -0.1) is 0 Å². The molecular formula is C14H16N2O2S. The SMILES string of the molecule is CN(C1CC1)S(=O)(=O)c1cccc2cc(N)ccc12. The Bertz CT molecular complexity index is 736. The highest BCUT2D eigenvalue weighted by Gasteiger charge is 2.35. The van der Waals surface area contributed by atoms with Crippen LogP contribution in [-0.2, 0) is 10.0 Å². The number of nitrogens with zero attached hydrogens (tertiary/aromatic N) is 1. The molecule has 0 heterocycles. The van der Waals surface area contributed by atoms with Crippen molar-refractivity contribution in [3.63, 3.8) is 0 Å². The molecule has 3 rings (SSSR count). The van der Waals surface area contributed by atoms with Crippen LogP contribution in [0.2, 0.25) is 0 Å². The van der Waals surface area contributed by atoms with Gasteiger partial charge in [0.25, 0.3) is 0 Å². The Morgan fingerprint density at radius 3 is 2.63 bits per heavy atom. The first-order valence-electron chi connectivity index (χ1n) is 6.26. The van der Waals surface area contributed by atoms with Crippen molar-refractivity contribution in [2.24, 2.45) is 0 Å². The summed E-state index contributed by atoms with van der Waals surface area (Å²) in [5, 5.41) is 1.58. The molecule has 1 saturated carbocycles. The van der Waals surface area contributed by atoms with Gasteiger partial charge in [0.1, 0.15) is 0 Å². The van der Waals surface area contributed by atoms with Crippen LogP contribution >= 0.6 is 0 Å². The van der Waals surface area contributed by atoms with Crippen LogP contribution in [-0.4, -0.2) is 25.8 Å². The van der Waals surface area contributed by atoms with E-state index in [-0.39, 0.29) is 6.04 Å². The van der Waals surface area contributed by atoms with Gasteiger partial charge >= 0.3 is 0 Å². The molecule has 0 bridgehead atoms. The van der Waals surface area contributed by atoms with Gasteiger partial charge in [-0.3, -0.25) is 0 Å². The molecule has 0 aromatic heterocycles. The number of hydrogen-bond donors (Lipinski definition) is 1. The first-order chi connectivity index (χ1) is 9.00. The van der Waals surface area contributed by atoms with Crippen LogP contribution < -0.4 is 5.73 Å². The lowest BCUT2D eigenvalue weighted by Gasteiger charge is -2.17. The maximum Gasteiger partial charge on any atom is 0.243 e. The third kappa shape index (κ3) is 2.09. The van der Waals surface area contributed by atoms with Gasteiger partial charge < -0.3 is 5.73 Å². The lowest BCUT2D eigenvalue weighted by molar-refractivity contribution is 0.465. The predicted molar refractivity (Wildman–Crippen MR) is 76.3 cm³/mol. The van der Waals surface area contributed by atoms with E-state index in [1.165, 1.54) is 4.31 Å². The molecule has 5 heteroatoms. The van der Waals surface area contributed by atoms with Crippen molar-refractivity contribution in [3.05, 3.63) is 36.4 Å². The maximum atomic E-state index is 12.6. The van der Waals surface area contributed by atoms with Gasteiger partial charge in [0.15, 0.2) is 0 Å². The number of sulfonamides is 1. The lowest BCUT2D eigenvalue weighted by Crippen LogP contribution is -2.29. The van der Waals surface area contributed by atoms with Crippen LogP contribution in [0.5, 0.6) is 0 Å². The molecule has 0 atom stereocenters. The molecule has 1 aliphatic rings. The molecular weight excluding hydrogens is 260 g/mol. The largest absolute Gasteiger partial charge is 0.399 e. The lowest BCUT2D eigenvalue weighted by atomic mass is 10.1. The smallest absolute Gasteiger partial charge is 0.243 e. The zero-order chi connectivity index (χ0) is 13.6. The highest BCUT2D eigenvalue weighted by Crippen LogP contribution is 2.33. The van der Waals surface area contributed by atoms with E-state index in [2.05, 4.69) is 0 Å².